The van der Waals surface area contributed by atoms with E-state index >= 15 is 0 Å². The molecule has 1 heteroatoms. The largest absolute Gasteiger partial charge is 0.264 e. The third kappa shape index (κ3) is 3.60. The average molecular weight is 508 g/mol. The highest BCUT2D eigenvalue weighted by atomic mass is 14.6. The number of nitrogens with zero attached hydrogens (tertiary/aromatic N) is 1. The summed E-state index contributed by atoms with van der Waals surface area (Å²) in [6.45, 7) is 0. The number of aromatic nitrogens is 1. The lowest BCUT2D eigenvalue weighted by Gasteiger charge is -2.18. The Morgan fingerprint density at radius 2 is 0.800 bits per heavy atom. The van der Waals surface area contributed by atoms with Crippen LogP contribution in [0.3, 0.4) is 0 Å². The number of rotatable bonds is 3. The molecule has 0 fully saturated rings. The molecule has 0 amide bonds. The fourth-order valence-corrected chi connectivity index (χ4v) is 6.28. The van der Waals surface area contributed by atoms with Crippen molar-refractivity contribution >= 4 is 43.1 Å². The summed E-state index contributed by atoms with van der Waals surface area (Å²) in [7, 11) is 0. The van der Waals surface area contributed by atoms with Crippen molar-refractivity contribution in [3.63, 3.8) is 0 Å². The van der Waals surface area contributed by atoms with Crippen LogP contribution in [0.1, 0.15) is 0 Å². The summed E-state index contributed by atoms with van der Waals surface area (Å²) in [5.74, 6) is 0. The molecule has 0 aliphatic rings. The van der Waals surface area contributed by atoms with Crippen molar-refractivity contribution in [1.29, 1.82) is 0 Å². The van der Waals surface area contributed by atoms with Gasteiger partial charge in [-0.25, -0.2) is 0 Å². The van der Waals surface area contributed by atoms with Gasteiger partial charge in [0.2, 0.25) is 0 Å². The first kappa shape index (κ1) is 22.7. The van der Waals surface area contributed by atoms with E-state index in [0.717, 1.165) is 5.56 Å². The van der Waals surface area contributed by atoms with Gasteiger partial charge in [0.25, 0.3) is 0 Å². The van der Waals surface area contributed by atoms with Crippen LogP contribution in [0.5, 0.6) is 0 Å². The number of benzene rings is 7. The molecule has 1 aromatic heterocycles. The zero-order valence-corrected chi connectivity index (χ0v) is 21.9. The summed E-state index contributed by atoms with van der Waals surface area (Å²) in [4.78, 5) is 4.45. The van der Waals surface area contributed by atoms with E-state index in [1.54, 1.807) is 0 Å². The van der Waals surface area contributed by atoms with Crippen LogP contribution in [-0.4, -0.2) is 4.98 Å². The van der Waals surface area contributed by atoms with Crippen LogP contribution in [0.2, 0.25) is 0 Å². The Labute approximate surface area is 233 Å². The second kappa shape index (κ2) is 9.18. The van der Waals surface area contributed by atoms with Crippen LogP contribution >= 0.6 is 0 Å². The Morgan fingerprint density at radius 3 is 1.38 bits per heavy atom. The van der Waals surface area contributed by atoms with Gasteiger partial charge >= 0.3 is 0 Å². The van der Waals surface area contributed by atoms with Gasteiger partial charge in [-0.15, -0.1) is 0 Å². The number of hydrogen-bond acceptors (Lipinski definition) is 1. The van der Waals surface area contributed by atoms with E-state index in [-0.39, 0.29) is 0 Å². The molecule has 0 saturated heterocycles. The zero-order chi connectivity index (χ0) is 26.5. The van der Waals surface area contributed by atoms with Gasteiger partial charge in [-0.3, -0.25) is 4.98 Å². The Bertz CT molecular complexity index is 2140. The van der Waals surface area contributed by atoms with Gasteiger partial charge < -0.3 is 0 Å². The number of pyridine rings is 1. The topological polar surface area (TPSA) is 12.9 Å². The van der Waals surface area contributed by atoms with E-state index in [9.17, 15) is 0 Å². The lowest BCUT2D eigenvalue weighted by atomic mass is 9.85. The smallest absolute Gasteiger partial charge is 0.0346 e. The fourth-order valence-electron chi connectivity index (χ4n) is 6.28. The Balaban J connectivity index is 1.45. The lowest BCUT2D eigenvalue weighted by molar-refractivity contribution is 1.33. The van der Waals surface area contributed by atoms with Gasteiger partial charge in [0.05, 0.1) is 0 Å². The molecule has 8 aromatic rings. The maximum absolute atomic E-state index is 4.45. The van der Waals surface area contributed by atoms with Gasteiger partial charge in [0.1, 0.15) is 0 Å². The lowest BCUT2D eigenvalue weighted by Crippen LogP contribution is -1.91. The maximum atomic E-state index is 4.45. The van der Waals surface area contributed by atoms with E-state index in [2.05, 4.69) is 138 Å². The van der Waals surface area contributed by atoms with Crippen molar-refractivity contribution in [3.8, 4) is 33.4 Å². The van der Waals surface area contributed by atoms with Gasteiger partial charge in [0, 0.05) is 18.0 Å². The molecule has 186 valence electrons. The molecule has 0 aliphatic heterocycles. The third-order valence-electron chi connectivity index (χ3n) is 8.12. The van der Waals surface area contributed by atoms with E-state index < -0.39 is 0 Å². The average Bonchev–Trinajstić information content (AvgIpc) is 3.04. The molecule has 0 saturated carbocycles. The van der Waals surface area contributed by atoms with Crippen molar-refractivity contribution in [3.05, 3.63) is 152 Å². The van der Waals surface area contributed by atoms with Crippen molar-refractivity contribution < 1.29 is 0 Å². The van der Waals surface area contributed by atoms with E-state index in [0.29, 0.717) is 0 Å². The summed E-state index contributed by atoms with van der Waals surface area (Å²) < 4.78 is 0. The molecule has 0 aliphatic carbocycles. The quantitative estimate of drug-likeness (QED) is 0.171. The normalized spacial score (nSPS) is 11.5. The molecule has 1 heterocycles. The third-order valence-corrected chi connectivity index (χ3v) is 8.12. The highest BCUT2D eigenvalue weighted by Gasteiger charge is 2.17. The molecule has 8 rings (SSSR count). The summed E-state index contributed by atoms with van der Waals surface area (Å²) in [6, 6.07) is 50.7. The van der Waals surface area contributed by atoms with E-state index in [4.69, 9.17) is 0 Å². The van der Waals surface area contributed by atoms with Gasteiger partial charge in [0.15, 0.2) is 0 Å². The molecular weight excluding hydrogens is 482 g/mol. The molecular formula is C39H25N. The van der Waals surface area contributed by atoms with E-state index in [1.807, 2.05) is 18.5 Å². The molecule has 40 heavy (non-hydrogen) atoms. The summed E-state index contributed by atoms with van der Waals surface area (Å²) >= 11 is 0. The molecule has 0 spiro atoms. The summed E-state index contributed by atoms with van der Waals surface area (Å²) in [5, 5.41) is 10.1. The van der Waals surface area contributed by atoms with Gasteiger partial charge in [-0.2, -0.15) is 0 Å². The summed E-state index contributed by atoms with van der Waals surface area (Å²) in [6.07, 6.45) is 3.81. The van der Waals surface area contributed by atoms with Crippen molar-refractivity contribution in [2.45, 2.75) is 0 Å². The van der Waals surface area contributed by atoms with Gasteiger partial charge in [-0.1, -0.05) is 121 Å². The molecule has 0 bridgehead atoms. The monoisotopic (exact) mass is 507 g/mol. The molecule has 1 nitrogen and oxygen atoms in total. The van der Waals surface area contributed by atoms with Crippen molar-refractivity contribution in [2.75, 3.05) is 0 Å². The minimum absolute atomic E-state index is 1.14. The van der Waals surface area contributed by atoms with Gasteiger partial charge in [-0.05, 0) is 89.1 Å². The van der Waals surface area contributed by atoms with Crippen LogP contribution in [-0.2, 0) is 0 Å². The Kier molecular flexibility index (Phi) is 5.21. The first-order chi connectivity index (χ1) is 19.8. The zero-order valence-electron chi connectivity index (χ0n) is 21.9. The number of hydrogen-bond donors (Lipinski definition) is 0. The van der Waals surface area contributed by atoms with Crippen molar-refractivity contribution in [2.24, 2.45) is 0 Å². The molecule has 7 aromatic carbocycles. The summed E-state index contributed by atoms with van der Waals surface area (Å²) in [5.41, 5.74) is 7.36. The predicted octanol–water partition coefficient (Wildman–Crippen LogP) is 10.7. The number of fused-ring (bicyclic) bond motifs is 5. The molecule has 0 atom stereocenters. The molecule has 0 radical (unpaired) electrons. The SMILES string of the molecule is c1ccc(-c2ccc3ccc4ccc(-c5c6ccccc6c(-c6cccnc6)c6ccccc56)cc4c3c2)cc1. The first-order valence-corrected chi connectivity index (χ1v) is 13.7. The Hall–Kier alpha value is -5.27. The predicted molar refractivity (Wildman–Crippen MR) is 171 cm³/mol. The minimum Gasteiger partial charge on any atom is -0.264 e. The standard InChI is InChI=1S/C39H25N/c1-2-9-26(10-3-1)29-20-18-27-16-17-28-19-21-30(24-37(28)36(27)23-29)38-32-12-4-6-14-34(32)39(31-11-8-22-40-25-31)35-15-7-5-13-33(35)38/h1-25H. The Morgan fingerprint density at radius 1 is 0.325 bits per heavy atom. The highest BCUT2D eigenvalue weighted by Crippen LogP contribution is 2.44. The maximum Gasteiger partial charge on any atom is 0.0346 e. The van der Waals surface area contributed by atoms with Crippen LogP contribution in [0.25, 0.3) is 76.5 Å². The fraction of sp³-hybridized carbons (Fsp3) is 0. The van der Waals surface area contributed by atoms with Crippen LogP contribution in [0.15, 0.2) is 152 Å². The molecule has 0 N–H and O–H groups in total. The van der Waals surface area contributed by atoms with Crippen LogP contribution < -0.4 is 0 Å². The molecule has 0 unspecified atom stereocenters. The second-order valence-electron chi connectivity index (χ2n) is 10.4. The second-order valence-corrected chi connectivity index (χ2v) is 10.4. The van der Waals surface area contributed by atoms with Crippen LogP contribution in [0, 0.1) is 0 Å². The first-order valence-electron chi connectivity index (χ1n) is 13.7. The van der Waals surface area contributed by atoms with Crippen LogP contribution in [0.4, 0.5) is 0 Å². The van der Waals surface area contributed by atoms with Crippen molar-refractivity contribution in [1.82, 2.24) is 4.98 Å². The minimum atomic E-state index is 1.14. The highest BCUT2D eigenvalue weighted by molar-refractivity contribution is 6.22. The van der Waals surface area contributed by atoms with E-state index in [1.165, 1.54) is 70.9 Å².